The van der Waals surface area contributed by atoms with Crippen LogP contribution in [0.2, 0.25) is 0 Å². The molecule has 0 aromatic rings. The zero-order chi connectivity index (χ0) is 25.0. The van der Waals surface area contributed by atoms with E-state index in [1.54, 1.807) is 13.8 Å². The van der Waals surface area contributed by atoms with E-state index in [1.165, 1.54) is 0 Å². The van der Waals surface area contributed by atoms with Crippen LogP contribution in [0.3, 0.4) is 0 Å². The molecule has 33 heavy (non-hydrogen) atoms. The SMILES string of the molecule is C=C(C)C(=O)OCCCCCCCOP(=O)(CCC)OCCCCCCCOC(=O)C(=C)C. The Morgan fingerprint density at radius 3 is 1.30 bits per heavy atom. The molecule has 0 aliphatic heterocycles. The van der Waals surface area contributed by atoms with E-state index in [4.69, 9.17) is 18.5 Å². The number of ether oxygens (including phenoxy) is 2. The second-order valence-electron chi connectivity index (χ2n) is 8.37. The quantitative estimate of drug-likeness (QED) is 0.0719. The van der Waals surface area contributed by atoms with Gasteiger partial charge in [-0.25, -0.2) is 9.59 Å². The Balaban J connectivity index is 3.75. The summed E-state index contributed by atoms with van der Waals surface area (Å²) in [6.07, 6.45) is 10.4. The smallest absolute Gasteiger partial charge is 0.333 e. The van der Waals surface area contributed by atoms with Gasteiger partial charge in [0.15, 0.2) is 0 Å². The Morgan fingerprint density at radius 1 is 0.636 bits per heavy atom. The van der Waals surface area contributed by atoms with E-state index in [-0.39, 0.29) is 11.9 Å². The van der Waals surface area contributed by atoms with Crippen LogP contribution in [0, 0.1) is 0 Å². The summed E-state index contributed by atoms with van der Waals surface area (Å²) in [5, 5.41) is 0. The average molecular weight is 489 g/mol. The summed E-state index contributed by atoms with van der Waals surface area (Å²) in [6.45, 7) is 14.1. The summed E-state index contributed by atoms with van der Waals surface area (Å²) in [5.41, 5.74) is 0.842. The van der Waals surface area contributed by atoms with Gasteiger partial charge in [0.2, 0.25) is 0 Å². The van der Waals surface area contributed by atoms with Gasteiger partial charge in [0.25, 0.3) is 0 Å². The highest BCUT2D eigenvalue weighted by Crippen LogP contribution is 2.49. The van der Waals surface area contributed by atoms with E-state index in [0.29, 0.717) is 43.7 Å². The predicted octanol–water partition coefficient (Wildman–Crippen LogP) is 6.76. The second-order valence-corrected chi connectivity index (χ2v) is 10.6. The van der Waals surface area contributed by atoms with Crippen LogP contribution < -0.4 is 0 Å². The first-order valence-electron chi connectivity index (χ1n) is 12.2. The minimum Gasteiger partial charge on any atom is -0.462 e. The van der Waals surface area contributed by atoms with E-state index < -0.39 is 7.60 Å². The van der Waals surface area contributed by atoms with Crippen LogP contribution in [-0.4, -0.2) is 44.5 Å². The summed E-state index contributed by atoms with van der Waals surface area (Å²) in [7, 11) is -3.02. The summed E-state index contributed by atoms with van der Waals surface area (Å²) in [5.74, 6) is -0.673. The minimum atomic E-state index is -3.02. The molecule has 0 atom stereocenters. The van der Waals surface area contributed by atoms with Crippen molar-refractivity contribution in [1.29, 1.82) is 0 Å². The van der Waals surface area contributed by atoms with Crippen LogP contribution in [0.5, 0.6) is 0 Å². The number of rotatable bonds is 22. The van der Waals surface area contributed by atoms with Crippen LogP contribution in [0.1, 0.15) is 91.4 Å². The Hall–Kier alpha value is -1.43. The van der Waals surface area contributed by atoms with Crippen molar-refractivity contribution in [1.82, 2.24) is 0 Å². The molecule has 0 aromatic heterocycles. The summed E-state index contributed by atoms with van der Waals surface area (Å²) in [6, 6.07) is 0. The first kappa shape index (κ1) is 31.6. The van der Waals surface area contributed by atoms with Crippen molar-refractivity contribution in [2.45, 2.75) is 91.4 Å². The molecule has 0 saturated carbocycles. The van der Waals surface area contributed by atoms with Gasteiger partial charge in [-0.05, 0) is 46.0 Å². The van der Waals surface area contributed by atoms with Crippen LogP contribution in [0.25, 0.3) is 0 Å². The third kappa shape index (κ3) is 18.7. The lowest BCUT2D eigenvalue weighted by molar-refractivity contribution is -0.139. The average Bonchev–Trinajstić information content (AvgIpc) is 2.76. The first-order valence-corrected chi connectivity index (χ1v) is 14.0. The lowest BCUT2D eigenvalue weighted by Crippen LogP contribution is -2.06. The van der Waals surface area contributed by atoms with Gasteiger partial charge < -0.3 is 18.5 Å². The van der Waals surface area contributed by atoms with E-state index in [1.807, 2.05) is 6.92 Å². The van der Waals surface area contributed by atoms with Crippen molar-refractivity contribution in [2.75, 3.05) is 32.6 Å². The molecule has 0 unspecified atom stereocenters. The van der Waals surface area contributed by atoms with Gasteiger partial charge in [0.1, 0.15) is 0 Å². The van der Waals surface area contributed by atoms with Crippen molar-refractivity contribution in [3.8, 4) is 0 Å². The van der Waals surface area contributed by atoms with Crippen LogP contribution in [0.4, 0.5) is 0 Å². The number of hydrogen-bond acceptors (Lipinski definition) is 7. The molecule has 0 saturated heterocycles. The molecule has 0 spiro atoms. The Bertz CT molecular complexity index is 582. The van der Waals surface area contributed by atoms with Gasteiger partial charge in [0.05, 0.1) is 26.4 Å². The Labute approximate surface area is 200 Å². The third-order valence-corrected chi connectivity index (χ3v) is 6.96. The van der Waals surface area contributed by atoms with Crippen molar-refractivity contribution >= 4 is 19.5 Å². The fraction of sp³-hybridized carbons (Fsp3) is 0.760. The maximum Gasteiger partial charge on any atom is 0.333 e. The molecule has 0 aliphatic rings. The van der Waals surface area contributed by atoms with Gasteiger partial charge in [-0.1, -0.05) is 58.6 Å². The van der Waals surface area contributed by atoms with Crippen LogP contribution >= 0.6 is 7.60 Å². The summed E-state index contributed by atoms with van der Waals surface area (Å²) >= 11 is 0. The van der Waals surface area contributed by atoms with Crippen molar-refractivity contribution in [3.63, 3.8) is 0 Å². The minimum absolute atomic E-state index is 0.336. The van der Waals surface area contributed by atoms with E-state index in [0.717, 1.165) is 70.6 Å². The number of unbranched alkanes of at least 4 members (excludes halogenated alkanes) is 8. The molecule has 192 valence electrons. The lowest BCUT2D eigenvalue weighted by atomic mass is 10.1. The van der Waals surface area contributed by atoms with E-state index in [9.17, 15) is 14.2 Å². The fourth-order valence-corrected chi connectivity index (χ4v) is 4.59. The molecule has 0 heterocycles. The molecule has 0 rings (SSSR count). The highest BCUT2D eigenvalue weighted by molar-refractivity contribution is 7.53. The largest absolute Gasteiger partial charge is 0.462 e. The van der Waals surface area contributed by atoms with Gasteiger partial charge in [-0.15, -0.1) is 0 Å². The predicted molar refractivity (Wildman–Crippen MR) is 132 cm³/mol. The Kier molecular flexibility index (Phi) is 19.1. The highest BCUT2D eigenvalue weighted by atomic mass is 31.2. The molecule has 0 aromatic carbocycles. The zero-order valence-corrected chi connectivity index (χ0v) is 21.9. The maximum absolute atomic E-state index is 12.8. The van der Waals surface area contributed by atoms with Crippen LogP contribution in [-0.2, 0) is 32.7 Å². The molecule has 0 radical (unpaired) electrons. The fourth-order valence-electron chi connectivity index (χ4n) is 2.89. The molecule has 0 aliphatic carbocycles. The lowest BCUT2D eigenvalue weighted by Gasteiger charge is -2.18. The van der Waals surface area contributed by atoms with E-state index in [2.05, 4.69) is 13.2 Å². The van der Waals surface area contributed by atoms with Crippen molar-refractivity contribution in [2.24, 2.45) is 0 Å². The van der Waals surface area contributed by atoms with Gasteiger partial charge >= 0.3 is 19.5 Å². The number of hydrogen-bond donors (Lipinski definition) is 0. The van der Waals surface area contributed by atoms with Gasteiger partial charge in [0, 0.05) is 17.3 Å². The Morgan fingerprint density at radius 2 is 0.970 bits per heavy atom. The maximum atomic E-state index is 12.8. The van der Waals surface area contributed by atoms with Crippen LogP contribution in [0.15, 0.2) is 24.3 Å². The number of carbonyl (C=O) groups is 2. The van der Waals surface area contributed by atoms with Gasteiger partial charge in [-0.3, -0.25) is 4.57 Å². The molecular weight excluding hydrogens is 443 g/mol. The zero-order valence-electron chi connectivity index (χ0n) is 21.0. The third-order valence-electron chi connectivity index (χ3n) is 4.81. The van der Waals surface area contributed by atoms with E-state index >= 15 is 0 Å². The molecular formula is C25H45O7P. The molecule has 0 bridgehead atoms. The summed E-state index contributed by atoms with van der Waals surface area (Å²) < 4.78 is 34.3. The molecule has 0 amide bonds. The first-order chi connectivity index (χ1) is 15.7. The summed E-state index contributed by atoms with van der Waals surface area (Å²) in [4.78, 5) is 22.5. The standard InChI is InChI=1S/C25H45O7P/c1-6-21-33(28,31-19-15-11-7-9-13-17-29-24(26)22(2)3)32-20-16-12-8-10-14-18-30-25(27)23(4)5/h2,4,6-21H2,1,3,5H3. The number of esters is 2. The number of carbonyl (C=O) groups excluding carboxylic acids is 2. The van der Waals surface area contributed by atoms with Crippen molar-refractivity contribution in [3.05, 3.63) is 24.3 Å². The molecule has 7 nitrogen and oxygen atoms in total. The topological polar surface area (TPSA) is 88.1 Å². The van der Waals surface area contributed by atoms with Crippen molar-refractivity contribution < 1.29 is 32.7 Å². The second kappa shape index (κ2) is 20.0. The normalized spacial score (nSPS) is 11.2. The monoisotopic (exact) mass is 488 g/mol. The molecule has 0 fully saturated rings. The van der Waals surface area contributed by atoms with Gasteiger partial charge in [-0.2, -0.15) is 0 Å². The molecule has 8 heteroatoms. The highest BCUT2D eigenvalue weighted by Gasteiger charge is 2.22. The molecule has 0 N–H and O–H groups in total.